The van der Waals surface area contributed by atoms with E-state index in [0.29, 0.717) is 28.9 Å². The summed E-state index contributed by atoms with van der Waals surface area (Å²) in [5.41, 5.74) is 3.04. The minimum absolute atomic E-state index is 0.0509. The Bertz CT molecular complexity index is 1660. The fraction of sp³-hybridized carbons (Fsp3) is 0.188. The van der Waals surface area contributed by atoms with Crippen molar-refractivity contribution in [2.75, 3.05) is 13.7 Å². The number of benzene rings is 3. The number of fused-ring (bicyclic) bond motifs is 1. The zero-order valence-corrected chi connectivity index (χ0v) is 22.7. The Kier molecular flexibility index (Phi) is 8.00. The van der Waals surface area contributed by atoms with Crippen molar-refractivity contribution >= 4 is 27.5 Å². The number of rotatable bonds is 9. The standard InChI is InChI=1S/C32H29FN2O3S/c1-3-38-32(37)26-21-35(19-24-16-10-11-17-27(24)33)31-28(29(26)36)25(30(39-31)23-14-8-5-9-15-23)20-34(2)18-22-12-6-4-7-13-22/h4-17,21H,3,18-20H2,1-2H3. The van der Waals surface area contributed by atoms with E-state index in [4.69, 9.17) is 4.74 Å². The number of aromatic nitrogens is 1. The lowest BCUT2D eigenvalue weighted by atomic mass is 10.0. The average molecular weight is 541 g/mol. The van der Waals surface area contributed by atoms with E-state index in [9.17, 15) is 14.0 Å². The summed E-state index contributed by atoms with van der Waals surface area (Å²) in [5, 5.41) is 0.473. The highest BCUT2D eigenvalue weighted by Gasteiger charge is 2.25. The molecule has 39 heavy (non-hydrogen) atoms. The molecule has 0 aliphatic carbocycles. The highest BCUT2D eigenvalue weighted by molar-refractivity contribution is 7.22. The Labute approximate surface area is 230 Å². The third-order valence-electron chi connectivity index (χ3n) is 6.56. The molecule has 0 unspecified atom stereocenters. The summed E-state index contributed by atoms with van der Waals surface area (Å²) in [7, 11) is 2.01. The summed E-state index contributed by atoms with van der Waals surface area (Å²) < 4.78 is 21.7. The Morgan fingerprint density at radius 3 is 2.31 bits per heavy atom. The highest BCUT2D eigenvalue weighted by atomic mass is 32.1. The first-order valence-corrected chi connectivity index (χ1v) is 13.6. The van der Waals surface area contributed by atoms with Crippen LogP contribution in [0, 0.1) is 5.82 Å². The van der Waals surface area contributed by atoms with E-state index in [1.54, 1.807) is 29.7 Å². The molecule has 5 nitrogen and oxygen atoms in total. The summed E-state index contributed by atoms with van der Waals surface area (Å²) in [6, 6.07) is 26.6. The van der Waals surface area contributed by atoms with Crippen LogP contribution in [-0.4, -0.2) is 29.1 Å². The van der Waals surface area contributed by atoms with Gasteiger partial charge in [-0.1, -0.05) is 78.9 Å². The van der Waals surface area contributed by atoms with Crippen LogP contribution < -0.4 is 5.43 Å². The number of hydrogen-bond acceptors (Lipinski definition) is 5. The number of carbonyl (C=O) groups excluding carboxylic acids is 1. The van der Waals surface area contributed by atoms with Gasteiger partial charge in [0.1, 0.15) is 16.2 Å². The van der Waals surface area contributed by atoms with Crippen LogP contribution in [0.3, 0.4) is 0 Å². The molecule has 0 saturated heterocycles. The molecular weight excluding hydrogens is 511 g/mol. The lowest BCUT2D eigenvalue weighted by Gasteiger charge is -2.18. The van der Waals surface area contributed by atoms with Gasteiger partial charge in [0, 0.05) is 29.7 Å². The molecule has 0 N–H and O–H groups in total. The number of carbonyl (C=O) groups is 1. The molecule has 0 saturated carbocycles. The summed E-state index contributed by atoms with van der Waals surface area (Å²) in [6.45, 7) is 3.20. The van der Waals surface area contributed by atoms with Crippen molar-refractivity contribution in [3.05, 3.63) is 129 Å². The molecule has 2 aromatic heterocycles. The van der Waals surface area contributed by atoms with Crippen LogP contribution in [0.1, 0.15) is 34.0 Å². The van der Waals surface area contributed by atoms with Crippen molar-refractivity contribution in [2.24, 2.45) is 0 Å². The molecular formula is C32H29FN2O3S. The molecule has 198 valence electrons. The van der Waals surface area contributed by atoms with Crippen molar-refractivity contribution in [3.63, 3.8) is 0 Å². The first-order chi connectivity index (χ1) is 19.0. The molecule has 5 rings (SSSR count). The van der Waals surface area contributed by atoms with Gasteiger partial charge in [0.15, 0.2) is 0 Å². The number of pyridine rings is 1. The van der Waals surface area contributed by atoms with Crippen LogP contribution >= 0.6 is 11.3 Å². The summed E-state index contributed by atoms with van der Waals surface area (Å²) in [6.07, 6.45) is 1.51. The van der Waals surface area contributed by atoms with E-state index in [2.05, 4.69) is 17.0 Å². The van der Waals surface area contributed by atoms with Gasteiger partial charge in [-0.3, -0.25) is 9.69 Å². The molecule has 0 radical (unpaired) electrons. The van der Waals surface area contributed by atoms with Gasteiger partial charge in [-0.15, -0.1) is 11.3 Å². The van der Waals surface area contributed by atoms with E-state index in [1.165, 1.54) is 23.6 Å². The van der Waals surface area contributed by atoms with Crippen molar-refractivity contribution in [2.45, 2.75) is 26.6 Å². The summed E-state index contributed by atoms with van der Waals surface area (Å²) >= 11 is 1.49. The van der Waals surface area contributed by atoms with Gasteiger partial charge in [-0.05, 0) is 36.7 Å². The predicted octanol–water partition coefficient (Wildman–Crippen LogP) is 6.73. The Balaban J connectivity index is 1.72. The molecule has 2 heterocycles. The minimum atomic E-state index is -0.678. The van der Waals surface area contributed by atoms with Gasteiger partial charge in [0.05, 0.1) is 18.5 Å². The molecule has 5 aromatic rings. The number of thiophene rings is 1. The predicted molar refractivity (Wildman–Crippen MR) is 155 cm³/mol. The summed E-state index contributed by atoms with van der Waals surface area (Å²) in [4.78, 5) is 30.6. The van der Waals surface area contributed by atoms with Gasteiger partial charge in [0.25, 0.3) is 0 Å². The molecule has 0 aliphatic rings. The Morgan fingerprint density at radius 1 is 0.949 bits per heavy atom. The van der Waals surface area contributed by atoms with Crippen molar-refractivity contribution in [1.29, 1.82) is 0 Å². The number of esters is 1. The number of halogens is 1. The van der Waals surface area contributed by atoms with E-state index >= 15 is 0 Å². The summed E-state index contributed by atoms with van der Waals surface area (Å²) in [5.74, 6) is -1.02. The monoisotopic (exact) mass is 540 g/mol. The van der Waals surface area contributed by atoms with Crippen molar-refractivity contribution in [3.8, 4) is 10.4 Å². The molecule has 0 atom stereocenters. The largest absolute Gasteiger partial charge is 0.462 e. The van der Waals surface area contributed by atoms with Gasteiger partial charge < -0.3 is 9.30 Å². The fourth-order valence-electron chi connectivity index (χ4n) is 4.77. The van der Waals surface area contributed by atoms with E-state index in [-0.39, 0.29) is 30.0 Å². The van der Waals surface area contributed by atoms with Gasteiger partial charge in [-0.2, -0.15) is 0 Å². The maximum absolute atomic E-state index is 14.7. The molecule has 3 aromatic carbocycles. The Hall–Kier alpha value is -4.07. The third-order valence-corrected chi connectivity index (χ3v) is 7.88. The quantitative estimate of drug-likeness (QED) is 0.195. The molecule has 0 spiro atoms. The van der Waals surface area contributed by atoms with E-state index in [0.717, 1.165) is 21.6 Å². The fourth-order valence-corrected chi connectivity index (χ4v) is 6.06. The maximum atomic E-state index is 14.7. The van der Waals surface area contributed by atoms with Crippen LogP contribution in [0.15, 0.2) is 95.9 Å². The first-order valence-electron chi connectivity index (χ1n) is 12.8. The first kappa shape index (κ1) is 26.5. The molecule has 0 amide bonds. The van der Waals surface area contributed by atoms with Crippen LogP contribution in [-0.2, 0) is 24.4 Å². The van der Waals surface area contributed by atoms with Crippen molar-refractivity contribution < 1.29 is 13.9 Å². The molecule has 0 fully saturated rings. The normalized spacial score (nSPS) is 11.3. The number of nitrogens with zero attached hydrogens (tertiary/aromatic N) is 2. The van der Waals surface area contributed by atoms with Crippen LogP contribution in [0.4, 0.5) is 4.39 Å². The lowest BCUT2D eigenvalue weighted by Crippen LogP contribution is -2.23. The SMILES string of the molecule is CCOC(=O)c1cn(Cc2ccccc2F)c2sc(-c3ccccc3)c(CN(C)Cc3ccccc3)c2c1=O. The average Bonchev–Trinajstić information content (AvgIpc) is 3.32. The van der Waals surface area contributed by atoms with Crippen molar-refractivity contribution in [1.82, 2.24) is 9.47 Å². The number of hydrogen-bond donors (Lipinski definition) is 0. The van der Waals surface area contributed by atoms with Gasteiger partial charge in [0.2, 0.25) is 5.43 Å². The van der Waals surface area contributed by atoms with Crippen LogP contribution in [0.2, 0.25) is 0 Å². The minimum Gasteiger partial charge on any atom is -0.462 e. The second kappa shape index (κ2) is 11.8. The smallest absolute Gasteiger partial charge is 0.343 e. The van der Waals surface area contributed by atoms with Crippen LogP contribution in [0.5, 0.6) is 0 Å². The van der Waals surface area contributed by atoms with Gasteiger partial charge in [-0.25, -0.2) is 9.18 Å². The Morgan fingerprint density at radius 2 is 1.62 bits per heavy atom. The molecule has 0 bridgehead atoms. The zero-order valence-electron chi connectivity index (χ0n) is 21.9. The zero-order chi connectivity index (χ0) is 27.4. The third kappa shape index (κ3) is 5.70. The highest BCUT2D eigenvalue weighted by Crippen LogP contribution is 2.38. The van der Waals surface area contributed by atoms with Crippen LogP contribution in [0.25, 0.3) is 20.7 Å². The topological polar surface area (TPSA) is 51.5 Å². The molecule has 0 aliphatic heterocycles. The van der Waals surface area contributed by atoms with Gasteiger partial charge >= 0.3 is 5.97 Å². The van der Waals surface area contributed by atoms with E-state index < -0.39 is 5.97 Å². The lowest BCUT2D eigenvalue weighted by molar-refractivity contribution is 0.0524. The second-order valence-electron chi connectivity index (χ2n) is 9.43. The maximum Gasteiger partial charge on any atom is 0.343 e. The molecule has 7 heteroatoms. The number of ether oxygens (including phenoxy) is 1. The van der Waals surface area contributed by atoms with E-state index in [1.807, 2.05) is 55.6 Å². The second-order valence-corrected chi connectivity index (χ2v) is 10.4.